The number of aromatic nitrogens is 1. The molecule has 3 aromatic rings. The van der Waals surface area contributed by atoms with Crippen molar-refractivity contribution in [2.45, 2.75) is 62.6 Å². The molecule has 2 fully saturated rings. The fraction of sp³-hybridized carbons (Fsp3) is 0.323. The van der Waals surface area contributed by atoms with Crippen molar-refractivity contribution in [2.24, 2.45) is 0 Å². The zero-order valence-electron chi connectivity index (χ0n) is 23.2. The summed E-state index contributed by atoms with van der Waals surface area (Å²) in [6, 6.07) is 9.56. The van der Waals surface area contributed by atoms with Crippen LogP contribution in [0.1, 0.15) is 55.7 Å². The number of carbonyl (C=O) groups is 3. The van der Waals surface area contributed by atoms with E-state index in [1.165, 1.54) is 30.5 Å². The maximum absolute atomic E-state index is 14.6. The number of rotatable bonds is 7. The summed E-state index contributed by atoms with van der Waals surface area (Å²) >= 11 is 6.51. The topological polar surface area (TPSA) is 106 Å². The van der Waals surface area contributed by atoms with E-state index in [1.54, 1.807) is 12.1 Å². The standard InChI is InChI=1S/C31H26ClF4N5O3/c32-24-4-2-1-3-23(24)28(29(43)39-21-7-10-31(35,36)11-8-21)40(22-15-19(33)14-20(34)16-22)30(44)25-5-6-27(42)41(25)26-13-18(17-37)9-12-38-26/h1-4,9,12-16,21,25,28H,5-8,10-11H2,(H,39,43). The average molecular weight is 628 g/mol. The van der Waals surface area contributed by atoms with Gasteiger partial charge in [-0.2, -0.15) is 5.26 Å². The van der Waals surface area contributed by atoms with Crippen LogP contribution >= 0.6 is 11.6 Å². The molecule has 2 aliphatic rings. The second-order valence-corrected chi connectivity index (χ2v) is 11.1. The van der Waals surface area contributed by atoms with Crippen molar-refractivity contribution in [2.75, 3.05) is 9.80 Å². The van der Waals surface area contributed by atoms with Crippen LogP contribution in [0.4, 0.5) is 29.1 Å². The minimum absolute atomic E-state index is 0.0113. The highest BCUT2D eigenvalue weighted by atomic mass is 35.5. The van der Waals surface area contributed by atoms with Crippen molar-refractivity contribution in [3.05, 3.63) is 88.6 Å². The van der Waals surface area contributed by atoms with Gasteiger partial charge in [-0.05, 0) is 49.6 Å². The number of nitriles is 1. The summed E-state index contributed by atoms with van der Waals surface area (Å²) in [7, 11) is 0. The Bertz CT molecular complexity index is 1620. The lowest BCUT2D eigenvalue weighted by atomic mass is 9.91. The third kappa shape index (κ3) is 6.53. The minimum atomic E-state index is -2.86. The number of nitrogens with one attached hydrogen (secondary N) is 1. The van der Waals surface area contributed by atoms with Crippen LogP contribution in [0.15, 0.2) is 60.8 Å². The lowest BCUT2D eigenvalue weighted by molar-refractivity contribution is -0.128. The number of hydrogen-bond donors (Lipinski definition) is 1. The van der Waals surface area contributed by atoms with Gasteiger partial charge in [0.05, 0.1) is 17.3 Å². The maximum Gasteiger partial charge on any atom is 0.251 e. The first-order chi connectivity index (χ1) is 21.0. The van der Waals surface area contributed by atoms with E-state index in [4.69, 9.17) is 11.6 Å². The molecule has 0 radical (unpaired) electrons. The van der Waals surface area contributed by atoms with Crippen molar-refractivity contribution in [3.63, 3.8) is 0 Å². The molecule has 2 heterocycles. The number of pyridine rings is 1. The molecule has 0 bridgehead atoms. The highest BCUT2D eigenvalue weighted by molar-refractivity contribution is 6.31. The van der Waals surface area contributed by atoms with Gasteiger partial charge in [-0.25, -0.2) is 22.5 Å². The van der Waals surface area contributed by atoms with E-state index in [2.05, 4.69) is 10.3 Å². The molecule has 44 heavy (non-hydrogen) atoms. The molecule has 2 atom stereocenters. The van der Waals surface area contributed by atoms with Crippen molar-refractivity contribution >= 4 is 40.8 Å². The number of nitrogens with zero attached hydrogens (tertiary/aromatic N) is 4. The van der Waals surface area contributed by atoms with Crippen LogP contribution in [-0.2, 0) is 14.4 Å². The fourth-order valence-corrected chi connectivity index (χ4v) is 5.87. The van der Waals surface area contributed by atoms with Crippen LogP contribution in [0.5, 0.6) is 0 Å². The molecule has 1 saturated heterocycles. The van der Waals surface area contributed by atoms with Crippen LogP contribution < -0.4 is 15.1 Å². The summed E-state index contributed by atoms with van der Waals surface area (Å²) < 4.78 is 56.9. The lowest BCUT2D eigenvalue weighted by Crippen LogP contribution is -2.53. The molecule has 1 N–H and O–H groups in total. The maximum atomic E-state index is 14.6. The molecule has 2 unspecified atom stereocenters. The molecule has 1 aliphatic heterocycles. The Kier molecular flexibility index (Phi) is 8.87. The first kappa shape index (κ1) is 30.9. The van der Waals surface area contributed by atoms with Crippen LogP contribution in [0.2, 0.25) is 5.02 Å². The highest BCUT2D eigenvalue weighted by Crippen LogP contribution is 2.38. The van der Waals surface area contributed by atoms with Crippen molar-refractivity contribution < 1.29 is 31.9 Å². The summed E-state index contributed by atoms with van der Waals surface area (Å²) in [4.78, 5) is 47.8. The number of carbonyl (C=O) groups excluding carboxylic acids is 3. The Hall–Kier alpha value is -4.50. The number of halogens is 5. The molecular formula is C31H26ClF4N5O3. The van der Waals surface area contributed by atoms with Crippen LogP contribution in [0.25, 0.3) is 0 Å². The van der Waals surface area contributed by atoms with E-state index in [0.717, 1.165) is 21.9 Å². The molecule has 5 rings (SSSR count). The minimum Gasteiger partial charge on any atom is -0.351 e. The van der Waals surface area contributed by atoms with E-state index >= 15 is 0 Å². The average Bonchev–Trinajstić information content (AvgIpc) is 3.38. The van der Waals surface area contributed by atoms with Crippen molar-refractivity contribution in [1.82, 2.24) is 10.3 Å². The van der Waals surface area contributed by atoms with Gasteiger partial charge in [-0.3, -0.25) is 24.2 Å². The van der Waals surface area contributed by atoms with Gasteiger partial charge < -0.3 is 5.32 Å². The predicted octanol–water partition coefficient (Wildman–Crippen LogP) is 5.85. The molecule has 8 nitrogen and oxygen atoms in total. The van der Waals surface area contributed by atoms with Crippen LogP contribution in [0.3, 0.4) is 0 Å². The monoisotopic (exact) mass is 627 g/mol. The number of benzene rings is 2. The summed E-state index contributed by atoms with van der Waals surface area (Å²) in [5, 5.41) is 12.1. The third-order valence-electron chi connectivity index (χ3n) is 7.75. The first-order valence-electron chi connectivity index (χ1n) is 13.9. The Morgan fingerprint density at radius 3 is 2.41 bits per heavy atom. The molecule has 13 heteroatoms. The Morgan fingerprint density at radius 2 is 1.75 bits per heavy atom. The molecule has 3 amide bonds. The van der Waals surface area contributed by atoms with Gasteiger partial charge >= 0.3 is 0 Å². The van der Waals surface area contributed by atoms with Gasteiger partial charge in [-0.1, -0.05) is 29.8 Å². The smallest absolute Gasteiger partial charge is 0.251 e. The largest absolute Gasteiger partial charge is 0.351 e. The van der Waals surface area contributed by atoms with Gasteiger partial charge in [-0.15, -0.1) is 0 Å². The molecule has 1 aromatic heterocycles. The molecule has 1 saturated carbocycles. The number of hydrogen-bond acceptors (Lipinski definition) is 5. The van der Waals surface area contributed by atoms with Crippen LogP contribution in [0, 0.1) is 23.0 Å². The second kappa shape index (κ2) is 12.6. The predicted molar refractivity (Wildman–Crippen MR) is 153 cm³/mol. The number of alkyl halides is 2. The van der Waals surface area contributed by atoms with Crippen molar-refractivity contribution in [3.8, 4) is 6.07 Å². The zero-order valence-corrected chi connectivity index (χ0v) is 23.9. The van der Waals surface area contributed by atoms with Gasteiger partial charge in [0.2, 0.25) is 17.7 Å². The third-order valence-corrected chi connectivity index (χ3v) is 8.10. The fourth-order valence-electron chi connectivity index (χ4n) is 5.63. The Balaban J connectivity index is 1.61. The Labute approximate surface area is 255 Å². The number of amides is 3. The summed E-state index contributed by atoms with van der Waals surface area (Å²) in [6.07, 6.45) is 0.248. The SMILES string of the molecule is N#Cc1ccnc(N2C(=O)CCC2C(=O)N(c2cc(F)cc(F)c2)C(C(=O)NC2CCC(F)(F)CC2)c2ccccc2Cl)c1. The molecule has 228 valence electrons. The molecule has 0 spiro atoms. The van der Waals surface area contributed by atoms with Crippen LogP contribution in [-0.4, -0.2) is 40.7 Å². The van der Waals surface area contributed by atoms with E-state index in [9.17, 15) is 37.2 Å². The van der Waals surface area contributed by atoms with Gasteiger partial charge in [0.15, 0.2) is 0 Å². The van der Waals surface area contributed by atoms with E-state index in [-0.39, 0.29) is 53.3 Å². The van der Waals surface area contributed by atoms with Gasteiger partial charge in [0, 0.05) is 48.2 Å². The van der Waals surface area contributed by atoms with E-state index in [1.807, 2.05) is 6.07 Å². The molecular weight excluding hydrogens is 602 g/mol. The summed E-state index contributed by atoms with van der Waals surface area (Å²) in [5.74, 6) is -7.09. The van der Waals surface area contributed by atoms with E-state index < -0.39 is 66.2 Å². The van der Waals surface area contributed by atoms with Gasteiger partial charge in [0.25, 0.3) is 5.91 Å². The lowest BCUT2D eigenvalue weighted by Gasteiger charge is -2.37. The number of anilines is 2. The molecule has 2 aromatic carbocycles. The molecule has 1 aliphatic carbocycles. The quantitative estimate of drug-likeness (QED) is 0.331. The van der Waals surface area contributed by atoms with Crippen molar-refractivity contribution in [1.29, 1.82) is 5.26 Å². The van der Waals surface area contributed by atoms with Gasteiger partial charge in [0.1, 0.15) is 29.5 Å². The summed E-state index contributed by atoms with van der Waals surface area (Å²) in [5.41, 5.74) is -0.0524. The zero-order chi connectivity index (χ0) is 31.6. The summed E-state index contributed by atoms with van der Waals surface area (Å²) in [6.45, 7) is 0. The normalized spacial score (nSPS) is 18.9. The van der Waals surface area contributed by atoms with E-state index in [0.29, 0.717) is 6.07 Å². The first-order valence-corrected chi connectivity index (χ1v) is 14.3. The highest BCUT2D eigenvalue weighted by Gasteiger charge is 2.45. The second-order valence-electron chi connectivity index (χ2n) is 10.7. The Morgan fingerprint density at radius 1 is 1.07 bits per heavy atom.